The molecule has 0 radical (unpaired) electrons. The van der Waals surface area contributed by atoms with E-state index < -0.39 is 12.0 Å². The van der Waals surface area contributed by atoms with Crippen molar-refractivity contribution in [2.75, 3.05) is 13.2 Å². The van der Waals surface area contributed by atoms with Crippen LogP contribution in [0.1, 0.15) is 32.6 Å². The Hall–Kier alpha value is -0.260. The highest BCUT2D eigenvalue weighted by Gasteiger charge is 2.41. The van der Waals surface area contributed by atoms with Gasteiger partial charge in [0.25, 0.3) is 0 Å². The number of alkyl halides is 2. The van der Waals surface area contributed by atoms with Crippen molar-refractivity contribution in [2.45, 2.75) is 45.0 Å². The first-order valence-corrected chi connectivity index (χ1v) is 6.30. The third-order valence-electron chi connectivity index (χ3n) is 3.74. The summed E-state index contributed by atoms with van der Waals surface area (Å²) in [7, 11) is 0. The van der Waals surface area contributed by atoms with Gasteiger partial charge < -0.3 is 14.6 Å². The number of hydrogen-bond donors (Lipinski definition) is 1. The Bertz CT molecular complexity index is 239. The first-order chi connectivity index (χ1) is 7.97. The maximum absolute atomic E-state index is 12.7. The van der Waals surface area contributed by atoms with Gasteiger partial charge in [0.15, 0.2) is 6.29 Å². The van der Waals surface area contributed by atoms with E-state index >= 15 is 0 Å². The Balaban J connectivity index is 1.79. The van der Waals surface area contributed by atoms with Crippen LogP contribution in [0.5, 0.6) is 0 Å². The molecule has 0 bridgehead atoms. The van der Waals surface area contributed by atoms with E-state index in [1.165, 1.54) is 0 Å². The molecule has 1 heterocycles. The molecule has 3 nitrogen and oxygen atoms in total. The van der Waals surface area contributed by atoms with Gasteiger partial charge in [-0.05, 0) is 25.7 Å². The van der Waals surface area contributed by atoms with Crippen LogP contribution in [-0.4, -0.2) is 30.7 Å². The smallest absolute Gasteiger partial charge is 0.352 e. The Morgan fingerprint density at radius 2 is 1.59 bits per heavy atom. The van der Waals surface area contributed by atoms with Gasteiger partial charge in [0.05, 0.1) is 19.1 Å². The van der Waals surface area contributed by atoms with E-state index in [2.05, 4.69) is 6.92 Å². The summed E-state index contributed by atoms with van der Waals surface area (Å²) in [5, 5.41) is 8.68. The van der Waals surface area contributed by atoms with Gasteiger partial charge in [-0.1, -0.05) is 6.92 Å². The van der Waals surface area contributed by atoms with Gasteiger partial charge in [-0.2, -0.15) is 8.78 Å². The molecule has 0 aromatic rings. The van der Waals surface area contributed by atoms with Crippen molar-refractivity contribution in [1.29, 1.82) is 0 Å². The second-order valence-corrected chi connectivity index (χ2v) is 5.34. The van der Waals surface area contributed by atoms with E-state index in [0.29, 0.717) is 44.8 Å². The summed E-state index contributed by atoms with van der Waals surface area (Å²) in [6.45, 7) is 3.42. The van der Waals surface area contributed by atoms with Crippen LogP contribution in [0.2, 0.25) is 0 Å². The van der Waals surface area contributed by atoms with Crippen LogP contribution in [0.3, 0.4) is 0 Å². The molecule has 1 N–H and O–H groups in total. The lowest BCUT2D eigenvalue weighted by atomic mass is 9.81. The number of aliphatic hydroxyl groups is 1. The summed E-state index contributed by atoms with van der Waals surface area (Å²) >= 11 is 0. The summed E-state index contributed by atoms with van der Waals surface area (Å²) in [5.41, 5.74) is 0. The summed E-state index contributed by atoms with van der Waals surface area (Å²) < 4.78 is 36.6. The van der Waals surface area contributed by atoms with Crippen LogP contribution in [-0.2, 0) is 9.47 Å². The largest absolute Gasteiger partial charge is 0.356 e. The van der Waals surface area contributed by atoms with Crippen molar-refractivity contribution in [2.24, 2.45) is 17.8 Å². The second kappa shape index (κ2) is 5.16. The Morgan fingerprint density at radius 1 is 1.06 bits per heavy atom. The molecule has 0 spiro atoms. The maximum atomic E-state index is 12.7. The van der Waals surface area contributed by atoms with Gasteiger partial charge >= 0.3 is 6.11 Å². The molecule has 100 valence electrons. The Morgan fingerprint density at radius 3 is 2.06 bits per heavy atom. The van der Waals surface area contributed by atoms with Crippen LogP contribution in [0, 0.1) is 17.8 Å². The minimum absolute atomic E-state index is 0.195. The summed E-state index contributed by atoms with van der Waals surface area (Å²) in [4.78, 5) is 0. The van der Waals surface area contributed by atoms with Crippen molar-refractivity contribution in [1.82, 2.24) is 0 Å². The highest BCUT2D eigenvalue weighted by atomic mass is 19.3. The first kappa shape index (κ1) is 13.2. The highest BCUT2D eigenvalue weighted by Crippen LogP contribution is 2.39. The van der Waals surface area contributed by atoms with Gasteiger partial charge in [0.1, 0.15) is 0 Å². The van der Waals surface area contributed by atoms with Crippen LogP contribution in [0.25, 0.3) is 0 Å². The molecule has 1 aliphatic heterocycles. The van der Waals surface area contributed by atoms with Crippen molar-refractivity contribution in [3.8, 4) is 0 Å². The highest BCUT2D eigenvalue weighted by molar-refractivity contribution is 4.79. The monoisotopic (exact) mass is 250 g/mol. The zero-order valence-corrected chi connectivity index (χ0v) is 10.1. The van der Waals surface area contributed by atoms with E-state index in [9.17, 15) is 8.78 Å². The molecular formula is C12H20F2O3. The van der Waals surface area contributed by atoms with Crippen molar-refractivity contribution >= 4 is 0 Å². The zero-order valence-electron chi connectivity index (χ0n) is 10.1. The third kappa shape index (κ3) is 3.36. The van der Waals surface area contributed by atoms with Crippen LogP contribution in [0.15, 0.2) is 0 Å². The molecule has 5 heteroatoms. The molecule has 0 amide bonds. The molecule has 1 aliphatic carbocycles. The fraction of sp³-hybridized carbons (Fsp3) is 1.00. The number of halogens is 2. The lowest BCUT2D eigenvalue weighted by Crippen LogP contribution is -2.39. The third-order valence-corrected chi connectivity index (χ3v) is 3.74. The second-order valence-electron chi connectivity index (χ2n) is 5.34. The number of hydrogen-bond acceptors (Lipinski definition) is 3. The average Bonchev–Trinajstić information content (AvgIpc) is 2.29. The SMILES string of the molecule is CC1COC(C2CCC(C(O)(F)F)CC2)OC1. The predicted molar refractivity (Wildman–Crippen MR) is 57.5 cm³/mol. The molecule has 1 saturated heterocycles. The zero-order chi connectivity index (χ0) is 12.5. The van der Waals surface area contributed by atoms with Crippen LogP contribution in [0.4, 0.5) is 8.78 Å². The fourth-order valence-corrected chi connectivity index (χ4v) is 2.63. The molecule has 0 aromatic heterocycles. The van der Waals surface area contributed by atoms with E-state index in [4.69, 9.17) is 14.6 Å². The first-order valence-electron chi connectivity index (χ1n) is 6.30. The molecule has 2 rings (SSSR count). The molecule has 17 heavy (non-hydrogen) atoms. The van der Waals surface area contributed by atoms with E-state index in [1.54, 1.807) is 0 Å². The summed E-state index contributed by atoms with van der Waals surface area (Å²) in [6.07, 6.45) is -1.81. The molecule has 0 unspecified atom stereocenters. The molecule has 2 fully saturated rings. The standard InChI is InChI=1S/C12H20F2O3/c1-8-6-16-11(17-7-8)9-2-4-10(5-3-9)12(13,14)15/h8-11,15H,2-7H2,1H3. The summed E-state index contributed by atoms with van der Waals surface area (Å²) in [6, 6.07) is 0. The topological polar surface area (TPSA) is 38.7 Å². The molecule has 2 aliphatic rings. The predicted octanol–water partition coefficient (Wildman–Crippen LogP) is 2.39. The number of rotatable bonds is 2. The van der Waals surface area contributed by atoms with Gasteiger partial charge in [-0.3, -0.25) is 0 Å². The minimum Gasteiger partial charge on any atom is -0.352 e. The molecule has 0 atom stereocenters. The van der Waals surface area contributed by atoms with Gasteiger partial charge in [0, 0.05) is 11.8 Å². The Labute approximate surface area is 100 Å². The van der Waals surface area contributed by atoms with E-state index in [0.717, 1.165) is 0 Å². The van der Waals surface area contributed by atoms with Gasteiger partial charge in [-0.25, -0.2) is 0 Å². The maximum Gasteiger partial charge on any atom is 0.356 e. The van der Waals surface area contributed by atoms with Gasteiger partial charge in [-0.15, -0.1) is 0 Å². The van der Waals surface area contributed by atoms with Crippen LogP contribution >= 0.6 is 0 Å². The minimum atomic E-state index is -3.53. The number of ether oxygens (including phenoxy) is 2. The Kier molecular flexibility index (Phi) is 4.00. The molecule has 1 saturated carbocycles. The normalized spacial score (nSPS) is 40.2. The molecular weight excluding hydrogens is 230 g/mol. The van der Waals surface area contributed by atoms with Crippen molar-refractivity contribution in [3.63, 3.8) is 0 Å². The fourth-order valence-electron chi connectivity index (χ4n) is 2.63. The van der Waals surface area contributed by atoms with Gasteiger partial charge in [0.2, 0.25) is 0 Å². The van der Waals surface area contributed by atoms with Crippen molar-refractivity contribution < 1.29 is 23.4 Å². The van der Waals surface area contributed by atoms with Crippen molar-refractivity contribution in [3.05, 3.63) is 0 Å². The lowest BCUT2D eigenvalue weighted by Gasteiger charge is -2.37. The summed E-state index contributed by atoms with van der Waals surface area (Å²) in [5.74, 6) is -0.299. The van der Waals surface area contributed by atoms with E-state index in [-0.39, 0.29) is 12.2 Å². The quantitative estimate of drug-likeness (QED) is 0.817. The van der Waals surface area contributed by atoms with E-state index in [1.807, 2.05) is 0 Å². The average molecular weight is 250 g/mol. The molecule has 0 aromatic carbocycles. The van der Waals surface area contributed by atoms with Crippen LogP contribution < -0.4 is 0 Å². The lowest BCUT2D eigenvalue weighted by molar-refractivity contribution is -0.257.